The fourth-order valence-electron chi connectivity index (χ4n) is 8.54. The summed E-state index contributed by atoms with van der Waals surface area (Å²) in [5.74, 6) is -7.80. The van der Waals surface area contributed by atoms with Crippen LogP contribution in [-0.2, 0) is 30.3 Å². The molecule has 6 N–H and O–H groups in total. The van der Waals surface area contributed by atoms with Crippen molar-refractivity contribution in [3.63, 3.8) is 0 Å². The highest BCUT2D eigenvalue weighted by Gasteiger charge is 2.50. The molecule has 14 heteroatoms. The number of esters is 1. The Morgan fingerprint density at radius 1 is 0.948 bits per heavy atom. The Morgan fingerprint density at radius 2 is 1.64 bits per heavy atom. The summed E-state index contributed by atoms with van der Waals surface area (Å²) in [5, 5.41) is 61.1. The molecule has 318 valence electrons. The lowest BCUT2D eigenvalue weighted by molar-refractivity contribution is -0.160. The average Bonchev–Trinajstić information content (AvgIpc) is 3.45. The van der Waals surface area contributed by atoms with Crippen molar-refractivity contribution in [2.75, 3.05) is 19.0 Å². The Morgan fingerprint density at radius 3 is 2.28 bits per heavy atom. The number of rotatable bonds is 4. The monoisotopic (exact) mass is 808 g/mol. The molecule has 58 heavy (non-hydrogen) atoms. The molecule has 4 aliphatic rings. The van der Waals surface area contributed by atoms with Gasteiger partial charge in [-0.15, -0.1) is 0 Å². The number of hydrogen-bond donors (Lipinski definition) is 6. The van der Waals surface area contributed by atoms with Crippen molar-refractivity contribution < 1.29 is 58.9 Å². The number of hydrogen-bond acceptors (Lipinski definition) is 13. The Hall–Kier alpha value is -4.63. The number of Topliss-reactive ketones (excluding diaryl/α,β-unsaturated/α-hetero) is 1. The number of ether oxygens (including phenoxy) is 4. The van der Waals surface area contributed by atoms with Gasteiger partial charge in [0, 0.05) is 79.3 Å². The Kier molecular flexibility index (Phi) is 13.6. The Balaban J connectivity index is 1.71. The first-order valence-electron chi connectivity index (χ1n) is 20.1. The van der Waals surface area contributed by atoms with Gasteiger partial charge in [-0.25, -0.2) is 0 Å². The van der Waals surface area contributed by atoms with Crippen molar-refractivity contribution in [1.29, 1.82) is 0 Å². The summed E-state index contributed by atoms with van der Waals surface area (Å²) in [5.41, 5.74) is 0.226. The van der Waals surface area contributed by atoms with E-state index in [4.69, 9.17) is 18.9 Å². The van der Waals surface area contributed by atoms with E-state index in [-0.39, 0.29) is 57.1 Å². The molecule has 1 fully saturated rings. The van der Waals surface area contributed by atoms with Crippen molar-refractivity contribution in [3.05, 3.63) is 52.8 Å². The molecule has 0 saturated carbocycles. The van der Waals surface area contributed by atoms with Gasteiger partial charge in [0.1, 0.15) is 23.4 Å². The fraction of sp³-hybridized carbons (Fsp3) is 0.568. The molecule has 2 aromatic carbocycles. The minimum absolute atomic E-state index is 0.0503. The third-order valence-electron chi connectivity index (χ3n) is 12.4. The van der Waals surface area contributed by atoms with Crippen molar-refractivity contribution >= 4 is 34.1 Å². The number of phenolic OH excluding ortho intramolecular Hbond substituents is 3. The number of amides is 1. The third kappa shape index (κ3) is 8.43. The molecule has 4 heterocycles. The number of nitrogens with one attached hydrogen (secondary N) is 1. The van der Waals surface area contributed by atoms with E-state index in [1.165, 1.54) is 46.3 Å². The molecular weight excluding hydrogens is 748 g/mol. The van der Waals surface area contributed by atoms with Crippen molar-refractivity contribution in [3.8, 4) is 23.0 Å². The first kappa shape index (κ1) is 44.5. The molecule has 0 aliphatic carbocycles. The maximum absolute atomic E-state index is 14.5. The van der Waals surface area contributed by atoms with Crippen LogP contribution in [0.3, 0.4) is 0 Å². The van der Waals surface area contributed by atoms with Gasteiger partial charge in [0.05, 0.1) is 41.2 Å². The highest BCUT2D eigenvalue weighted by atomic mass is 16.7. The van der Waals surface area contributed by atoms with Gasteiger partial charge in [-0.3, -0.25) is 19.3 Å². The summed E-state index contributed by atoms with van der Waals surface area (Å²) in [6, 6.07) is 0.111. The minimum atomic E-state index is -2.01. The highest BCUT2D eigenvalue weighted by molar-refractivity contribution is 6.22. The zero-order chi connectivity index (χ0) is 43.0. The quantitative estimate of drug-likeness (QED) is 0.117. The molecule has 14 nitrogen and oxygen atoms in total. The molecule has 0 aromatic heterocycles. The minimum Gasteiger partial charge on any atom is -0.507 e. The number of likely N-dealkylation sites (tertiary alicyclic amines) is 1. The number of allylic oxidation sites excluding steroid dienone is 2. The summed E-state index contributed by atoms with van der Waals surface area (Å²) in [6.45, 7) is 15.5. The third-order valence-corrected chi connectivity index (χ3v) is 12.4. The van der Waals surface area contributed by atoms with E-state index >= 15 is 0 Å². The molecule has 4 aliphatic heterocycles. The number of carbonyl (C=O) groups excluding carboxylic acids is 3. The van der Waals surface area contributed by atoms with E-state index in [2.05, 4.69) is 17.1 Å². The number of benzene rings is 2. The van der Waals surface area contributed by atoms with Crippen LogP contribution >= 0.6 is 0 Å². The number of fused-ring (bicyclic) bond motifs is 14. The molecule has 10 atom stereocenters. The molecule has 6 rings (SSSR count). The zero-order valence-electron chi connectivity index (χ0n) is 35.2. The van der Waals surface area contributed by atoms with E-state index in [1.807, 2.05) is 0 Å². The summed E-state index contributed by atoms with van der Waals surface area (Å²) in [4.78, 5) is 42.7. The summed E-state index contributed by atoms with van der Waals surface area (Å²) in [6.07, 6.45) is 6.59. The van der Waals surface area contributed by atoms with Crippen molar-refractivity contribution in [1.82, 2.24) is 4.90 Å². The summed E-state index contributed by atoms with van der Waals surface area (Å²) >= 11 is 0. The van der Waals surface area contributed by atoms with Gasteiger partial charge in [0.2, 0.25) is 0 Å². The summed E-state index contributed by atoms with van der Waals surface area (Å²) in [7, 11) is 1.45. The van der Waals surface area contributed by atoms with Gasteiger partial charge >= 0.3 is 11.8 Å². The molecule has 0 radical (unpaired) electrons. The highest BCUT2D eigenvalue weighted by Crippen LogP contribution is 2.55. The maximum Gasteiger partial charge on any atom is 0.312 e. The number of methoxy groups -OCH3 is 1. The second-order valence-electron chi connectivity index (χ2n) is 16.5. The van der Waals surface area contributed by atoms with Crippen LogP contribution in [0.4, 0.5) is 5.69 Å². The Labute approximate surface area is 340 Å². The lowest BCUT2D eigenvalue weighted by Gasteiger charge is -2.38. The predicted octanol–water partition coefficient (Wildman–Crippen LogP) is 6.13. The van der Waals surface area contributed by atoms with Crippen LogP contribution in [-0.4, -0.2) is 98.0 Å². The first-order valence-corrected chi connectivity index (χ1v) is 20.1. The number of nitrogens with zero attached hydrogens (tertiary/aromatic N) is 1. The van der Waals surface area contributed by atoms with Crippen LogP contribution in [0.25, 0.3) is 10.8 Å². The molecule has 5 bridgehead atoms. The standard InChI is InChI=1S/C44H60N2O12/c1-21-14-13-15-22(2)43(54)45-34-29(20-46-18-12-11-16-23(46)3)38(51)31-32(39(34)52)37(50)27(7)41-33(31)42(53)44(9,58-41)56-19-17-30(55-10)24(4)40(57-28(8)47)26(6)36(49)25(5)35(21)48/h13-15,17,19,21,23-26,30,35-36,40,48-52H,11-12,16,18,20H2,1-10H3,(H,45,54)/b14-13+,19-17+,22-15+. The van der Waals surface area contributed by atoms with Crippen LogP contribution in [0, 0.1) is 30.6 Å². The number of aromatic hydroxyl groups is 3. The molecular formula is C44H60N2O12. The van der Waals surface area contributed by atoms with E-state index in [9.17, 15) is 39.9 Å². The number of aliphatic hydroxyl groups is 2. The molecule has 10 unspecified atom stereocenters. The van der Waals surface area contributed by atoms with E-state index in [0.29, 0.717) is 6.54 Å². The lowest BCUT2D eigenvalue weighted by Crippen LogP contribution is -2.46. The zero-order valence-corrected chi connectivity index (χ0v) is 35.2. The predicted molar refractivity (Wildman–Crippen MR) is 218 cm³/mol. The largest absolute Gasteiger partial charge is 0.507 e. The van der Waals surface area contributed by atoms with Crippen LogP contribution in [0.1, 0.15) is 96.1 Å². The summed E-state index contributed by atoms with van der Waals surface area (Å²) < 4.78 is 23.7. The number of ketones is 1. The SMILES string of the molecule is COC1/C=C/OC2(C)Oc3c(C)c(O)c4c(O)c(c(CN5CCCCC5C)c(O)c4c3C2=O)NC(=O)/C(C)=C/C=C/C(C)C(O)C(C)C(O)C(C)C(OC(C)=O)C1C. The van der Waals surface area contributed by atoms with Crippen molar-refractivity contribution in [2.24, 2.45) is 23.7 Å². The number of phenols is 3. The lowest BCUT2D eigenvalue weighted by atomic mass is 9.78. The fourth-order valence-corrected chi connectivity index (χ4v) is 8.54. The Bertz CT molecular complexity index is 2010. The van der Waals surface area contributed by atoms with Gasteiger partial charge in [-0.2, -0.15) is 0 Å². The van der Waals surface area contributed by atoms with Crippen molar-refractivity contribution in [2.45, 2.75) is 124 Å². The maximum atomic E-state index is 14.5. The van der Waals surface area contributed by atoms with Crippen LogP contribution in [0.2, 0.25) is 0 Å². The van der Waals surface area contributed by atoms with Gasteiger partial charge < -0.3 is 49.8 Å². The molecule has 1 saturated heterocycles. The molecule has 1 amide bonds. The second-order valence-corrected chi connectivity index (χ2v) is 16.5. The van der Waals surface area contributed by atoms with Gasteiger partial charge in [0.25, 0.3) is 11.7 Å². The van der Waals surface area contributed by atoms with E-state index in [1.54, 1.807) is 46.8 Å². The second kappa shape index (κ2) is 17.7. The van der Waals surface area contributed by atoms with Crippen LogP contribution < -0.4 is 10.1 Å². The number of carbonyl (C=O) groups is 3. The van der Waals surface area contributed by atoms with Gasteiger partial charge in [-0.05, 0) is 46.2 Å². The van der Waals surface area contributed by atoms with Gasteiger partial charge in [0.15, 0.2) is 5.75 Å². The molecule has 2 aromatic rings. The van der Waals surface area contributed by atoms with E-state index in [0.717, 1.165) is 19.3 Å². The number of piperidine rings is 1. The van der Waals surface area contributed by atoms with E-state index < -0.39 is 88.8 Å². The van der Waals surface area contributed by atoms with Gasteiger partial charge in [-0.1, -0.05) is 52.3 Å². The topological polar surface area (TPSA) is 205 Å². The number of anilines is 1. The number of aliphatic hydroxyl groups excluding tert-OH is 2. The van der Waals surface area contributed by atoms with Crippen LogP contribution in [0.5, 0.6) is 23.0 Å². The first-order chi connectivity index (χ1) is 27.2. The average molecular weight is 809 g/mol. The normalized spacial score (nSPS) is 33.5. The smallest absolute Gasteiger partial charge is 0.312 e. The van der Waals surface area contributed by atoms with Crippen LogP contribution in [0.15, 0.2) is 36.1 Å². The molecule has 0 spiro atoms.